The average Bonchev–Trinajstić information content (AvgIpc) is 2.54. The van der Waals surface area contributed by atoms with Gasteiger partial charge >= 0.3 is 0 Å². The molecule has 0 aliphatic heterocycles. The summed E-state index contributed by atoms with van der Waals surface area (Å²) >= 11 is 3.50. The zero-order chi connectivity index (χ0) is 15.4. The maximum atomic E-state index is 12.1. The van der Waals surface area contributed by atoms with Crippen LogP contribution in [-0.2, 0) is 11.2 Å². The van der Waals surface area contributed by atoms with Gasteiger partial charge in [-0.2, -0.15) is 0 Å². The first-order chi connectivity index (χ1) is 10.7. The fraction of sp³-hybridized carbons (Fsp3) is 0.111. The highest BCUT2D eigenvalue weighted by molar-refractivity contribution is 9.10. The summed E-state index contributed by atoms with van der Waals surface area (Å²) in [6.45, 7) is 0. The van der Waals surface area contributed by atoms with Crippen LogP contribution >= 0.6 is 15.9 Å². The van der Waals surface area contributed by atoms with E-state index in [2.05, 4.69) is 26.2 Å². The van der Waals surface area contributed by atoms with Crippen molar-refractivity contribution in [3.63, 3.8) is 0 Å². The van der Waals surface area contributed by atoms with E-state index < -0.39 is 0 Å². The van der Waals surface area contributed by atoms with Gasteiger partial charge in [0.1, 0.15) is 0 Å². The molecule has 4 heteroatoms. The van der Waals surface area contributed by atoms with Crippen LogP contribution in [0.2, 0.25) is 0 Å². The summed E-state index contributed by atoms with van der Waals surface area (Å²) in [7, 11) is 0. The second-order valence-corrected chi connectivity index (χ2v) is 5.91. The molecule has 1 amide bonds. The summed E-state index contributed by atoms with van der Waals surface area (Å²) in [5.41, 5.74) is 2.79. The van der Waals surface area contributed by atoms with E-state index in [-0.39, 0.29) is 5.91 Å². The van der Waals surface area contributed by atoms with Gasteiger partial charge in [0.05, 0.1) is 17.4 Å². The van der Waals surface area contributed by atoms with Crippen LogP contribution in [0.5, 0.6) is 0 Å². The van der Waals surface area contributed by atoms with Crippen molar-refractivity contribution in [2.45, 2.75) is 12.8 Å². The Hall–Kier alpha value is -2.20. The van der Waals surface area contributed by atoms with E-state index in [0.29, 0.717) is 12.8 Å². The molecule has 2 aromatic carbocycles. The zero-order valence-corrected chi connectivity index (χ0v) is 13.5. The molecule has 0 saturated carbocycles. The molecule has 0 radical (unpaired) electrons. The van der Waals surface area contributed by atoms with Crippen LogP contribution in [0.3, 0.4) is 0 Å². The van der Waals surface area contributed by atoms with E-state index in [0.717, 1.165) is 26.6 Å². The van der Waals surface area contributed by atoms with Gasteiger partial charge < -0.3 is 5.32 Å². The monoisotopic (exact) mass is 354 g/mol. The molecule has 0 fully saturated rings. The average molecular weight is 355 g/mol. The van der Waals surface area contributed by atoms with Gasteiger partial charge in [0.15, 0.2) is 0 Å². The smallest absolute Gasteiger partial charge is 0.224 e. The largest absolute Gasteiger partial charge is 0.325 e. The molecule has 0 atom stereocenters. The third kappa shape index (κ3) is 3.52. The van der Waals surface area contributed by atoms with Crippen molar-refractivity contribution in [1.29, 1.82) is 0 Å². The normalized spacial score (nSPS) is 10.6. The van der Waals surface area contributed by atoms with Crippen LogP contribution in [0.4, 0.5) is 5.69 Å². The number of halogens is 1. The summed E-state index contributed by atoms with van der Waals surface area (Å²) in [6.07, 6.45) is 2.84. The molecule has 22 heavy (non-hydrogen) atoms. The van der Waals surface area contributed by atoms with Crippen LogP contribution in [0.1, 0.15) is 12.0 Å². The maximum Gasteiger partial charge on any atom is 0.224 e. The van der Waals surface area contributed by atoms with Gasteiger partial charge in [-0.3, -0.25) is 9.78 Å². The van der Waals surface area contributed by atoms with Crippen LogP contribution < -0.4 is 5.32 Å². The molecule has 0 aliphatic carbocycles. The number of anilines is 1. The van der Waals surface area contributed by atoms with Gasteiger partial charge in [-0.1, -0.05) is 52.3 Å². The van der Waals surface area contributed by atoms with E-state index in [9.17, 15) is 4.79 Å². The summed E-state index contributed by atoms with van der Waals surface area (Å²) in [6, 6.07) is 17.7. The number of aryl methyl sites for hydroxylation is 1. The molecule has 110 valence electrons. The van der Waals surface area contributed by atoms with Crippen molar-refractivity contribution in [1.82, 2.24) is 4.98 Å². The van der Waals surface area contributed by atoms with Gasteiger partial charge in [-0.15, -0.1) is 0 Å². The van der Waals surface area contributed by atoms with Gasteiger partial charge in [0.25, 0.3) is 0 Å². The van der Waals surface area contributed by atoms with Crippen LogP contribution in [0.15, 0.2) is 65.3 Å². The Bertz CT molecular complexity index is 817. The van der Waals surface area contributed by atoms with Crippen LogP contribution in [0.25, 0.3) is 10.9 Å². The van der Waals surface area contributed by atoms with Crippen LogP contribution in [-0.4, -0.2) is 10.9 Å². The minimum atomic E-state index is -0.00664. The Kier molecular flexibility index (Phi) is 4.49. The van der Waals surface area contributed by atoms with Crippen molar-refractivity contribution >= 4 is 38.4 Å². The number of hydrogen-bond donors (Lipinski definition) is 1. The van der Waals surface area contributed by atoms with Crippen molar-refractivity contribution in [2.75, 3.05) is 5.32 Å². The Morgan fingerprint density at radius 3 is 2.73 bits per heavy atom. The van der Waals surface area contributed by atoms with Crippen LogP contribution in [0, 0.1) is 0 Å². The lowest BCUT2D eigenvalue weighted by molar-refractivity contribution is -0.116. The number of nitrogens with zero attached hydrogens (tertiary/aromatic N) is 1. The SMILES string of the molecule is O=C(CCc1ccccc1Br)Nc1cnc2ccccc2c1. The number of rotatable bonds is 4. The van der Waals surface area contributed by atoms with Crippen molar-refractivity contribution in [2.24, 2.45) is 0 Å². The summed E-state index contributed by atoms with van der Waals surface area (Å²) in [5, 5.41) is 3.93. The molecule has 1 N–H and O–H groups in total. The molecule has 1 aromatic heterocycles. The van der Waals surface area contributed by atoms with Gasteiger partial charge in [0, 0.05) is 16.3 Å². The number of amides is 1. The highest BCUT2D eigenvalue weighted by Gasteiger charge is 2.06. The third-order valence-corrected chi connectivity index (χ3v) is 4.23. The lowest BCUT2D eigenvalue weighted by atomic mass is 10.1. The van der Waals surface area contributed by atoms with E-state index >= 15 is 0 Å². The summed E-state index contributed by atoms with van der Waals surface area (Å²) in [5.74, 6) is -0.00664. The number of fused-ring (bicyclic) bond motifs is 1. The first-order valence-electron chi connectivity index (χ1n) is 7.10. The predicted octanol–water partition coefficient (Wildman–Crippen LogP) is 4.57. The number of nitrogens with one attached hydrogen (secondary N) is 1. The van der Waals surface area contributed by atoms with Gasteiger partial charge in [-0.25, -0.2) is 0 Å². The number of pyridine rings is 1. The topological polar surface area (TPSA) is 42.0 Å². The molecular weight excluding hydrogens is 340 g/mol. The lowest BCUT2D eigenvalue weighted by Crippen LogP contribution is -2.12. The number of carbonyl (C=O) groups is 1. The fourth-order valence-corrected chi connectivity index (χ4v) is 2.80. The maximum absolute atomic E-state index is 12.1. The third-order valence-electron chi connectivity index (χ3n) is 3.45. The molecule has 0 aliphatic rings. The Labute approximate surface area is 137 Å². The Morgan fingerprint density at radius 2 is 1.86 bits per heavy atom. The minimum Gasteiger partial charge on any atom is -0.325 e. The second kappa shape index (κ2) is 6.71. The van der Waals surface area contributed by atoms with Crippen molar-refractivity contribution in [3.05, 3.63) is 70.8 Å². The number of para-hydroxylation sites is 1. The summed E-state index contributed by atoms with van der Waals surface area (Å²) < 4.78 is 1.04. The second-order valence-electron chi connectivity index (χ2n) is 5.06. The number of hydrogen-bond acceptors (Lipinski definition) is 2. The minimum absolute atomic E-state index is 0.00664. The number of benzene rings is 2. The molecule has 3 nitrogen and oxygen atoms in total. The Balaban J connectivity index is 1.64. The van der Waals surface area contributed by atoms with E-state index in [1.807, 2.05) is 54.6 Å². The van der Waals surface area contributed by atoms with Gasteiger partial charge in [-0.05, 0) is 30.2 Å². The highest BCUT2D eigenvalue weighted by atomic mass is 79.9. The number of carbonyl (C=O) groups excluding carboxylic acids is 1. The highest BCUT2D eigenvalue weighted by Crippen LogP contribution is 2.19. The van der Waals surface area contributed by atoms with E-state index in [1.165, 1.54) is 0 Å². The fourth-order valence-electron chi connectivity index (χ4n) is 2.31. The zero-order valence-electron chi connectivity index (χ0n) is 11.9. The molecular formula is C18H15BrN2O. The van der Waals surface area contributed by atoms with E-state index in [4.69, 9.17) is 0 Å². The molecule has 0 unspecified atom stereocenters. The van der Waals surface area contributed by atoms with Crippen molar-refractivity contribution in [3.8, 4) is 0 Å². The van der Waals surface area contributed by atoms with Crippen molar-refractivity contribution < 1.29 is 4.79 Å². The molecule has 1 heterocycles. The number of aromatic nitrogens is 1. The molecule has 0 spiro atoms. The standard InChI is InChI=1S/C18H15BrN2O/c19-16-7-3-1-5-13(16)9-10-18(22)21-15-11-14-6-2-4-8-17(14)20-12-15/h1-8,11-12H,9-10H2,(H,21,22). The molecule has 0 bridgehead atoms. The molecule has 0 saturated heterocycles. The van der Waals surface area contributed by atoms with Gasteiger partial charge in [0.2, 0.25) is 5.91 Å². The Morgan fingerprint density at radius 1 is 1.09 bits per heavy atom. The summed E-state index contributed by atoms with van der Waals surface area (Å²) in [4.78, 5) is 16.4. The first-order valence-corrected chi connectivity index (χ1v) is 7.90. The quantitative estimate of drug-likeness (QED) is 0.745. The first kappa shape index (κ1) is 14.7. The predicted molar refractivity (Wildman–Crippen MR) is 92.8 cm³/mol. The van der Waals surface area contributed by atoms with E-state index in [1.54, 1.807) is 6.20 Å². The molecule has 3 aromatic rings. The molecule has 3 rings (SSSR count). The lowest BCUT2D eigenvalue weighted by Gasteiger charge is -2.07.